The van der Waals surface area contributed by atoms with Crippen LogP contribution in [0.4, 0.5) is 0 Å². The van der Waals surface area contributed by atoms with Crippen molar-refractivity contribution in [3.8, 4) is 0 Å². The van der Waals surface area contributed by atoms with Gasteiger partial charge in [0, 0.05) is 49.2 Å². The van der Waals surface area contributed by atoms with Crippen molar-refractivity contribution in [2.75, 3.05) is 20.2 Å². The van der Waals surface area contributed by atoms with Crippen molar-refractivity contribution in [2.24, 2.45) is 5.92 Å². The minimum absolute atomic E-state index is 0.237. The third-order valence-corrected chi connectivity index (χ3v) is 7.80. The molecule has 1 aliphatic carbocycles. The van der Waals surface area contributed by atoms with Gasteiger partial charge in [-0.1, -0.05) is 29.8 Å². The van der Waals surface area contributed by atoms with Crippen LogP contribution in [-0.4, -0.2) is 39.0 Å². The van der Waals surface area contributed by atoms with Crippen LogP contribution >= 0.6 is 23.8 Å². The number of aromatic nitrogens is 3. The summed E-state index contributed by atoms with van der Waals surface area (Å²) in [6, 6.07) is 10.6. The first-order chi connectivity index (χ1) is 16.7. The summed E-state index contributed by atoms with van der Waals surface area (Å²) in [6.45, 7) is 2.84. The Labute approximate surface area is 210 Å². The van der Waals surface area contributed by atoms with E-state index >= 15 is 0 Å². The van der Waals surface area contributed by atoms with Crippen LogP contribution < -0.4 is 0 Å². The first-order valence-electron chi connectivity index (χ1n) is 11.8. The van der Waals surface area contributed by atoms with E-state index in [9.17, 15) is 0 Å². The van der Waals surface area contributed by atoms with Crippen molar-refractivity contribution >= 4 is 35.5 Å². The van der Waals surface area contributed by atoms with Crippen LogP contribution in [0.15, 0.2) is 55.2 Å². The van der Waals surface area contributed by atoms with E-state index in [4.69, 9.17) is 25.8 Å². The molecule has 2 aromatic heterocycles. The third-order valence-electron chi connectivity index (χ3n) is 6.79. The van der Waals surface area contributed by atoms with E-state index in [1.807, 2.05) is 31.0 Å². The minimum Gasteiger partial charge on any atom is -0.337 e. The van der Waals surface area contributed by atoms with E-state index < -0.39 is 0 Å². The molecule has 0 amide bonds. The molecule has 3 aromatic rings. The first-order valence-corrected chi connectivity index (χ1v) is 12.8. The highest BCUT2D eigenvalue weighted by Gasteiger charge is 2.34. The monoisotopic (exact) mass is 496 g/mol. The van der Waals surface area contributed by atoms with Gasteiger partial charge in [0.05, 0.1) is 19.1 Å². The zero-order valence-electron chi connectivity index (χ0n) is 19.3. The van der Waals surface area contributed by atoms with Crippen molar-refractivity contribution in [1.29, 1.82) is 0 Å². The molecule has 0 N–H and O–H groups in total. The molecular weight excluding hydrogens is 468 g/mol. The van der Waals surface area contributed by atoms with Crippen LogP contribution in [0.25, 0.3) is 11.6 Å². The number of pyridine rings is 1. The van der Waals surface area contributed by atoms with Gasteiger partial charge in [-0.15, -0.1) is 4.33 Å². The fraction of sp³-hybridized carbons (Fsp3) is 0.385. The Morgan fingerprint density at radius 1 is 1.18 bits per heavy atom. The molecule has 5 rings (SSSR count). The second-order valence-corrected chi connectivity index (χ2v) is 10.1. The summed E-state index contributed by atoms with van der Waals surface area (Å²) in [6.07, 6.45) is 14.1. The Morgan fingerprint density at radius 3 is 2.85 bits per heavy atom. The number of hydrogen-bond acceptors (Lipinski definition) is 6. The number of aryl methyl sites for hydroxylation is 1. The molecule has 0 saturated carbocycles. The number of piperidine rings is 1. The Kier molecular flexibility index (Phi) is 7.67. The Balaban J connectivity index is 1.45. The highest BCUT2D eigenvalue weighted by molar-refractivity contribution is 7.92. The lowest BCUT2D eigenvalue weighted by atomic mass is 9.76. The lowest BCUT2D eigenvalue weighted by Crippen LogP contribution is -2.32. The van der Waals surface area contributed by atoms with E-state index in [-0.39, 0.29) is 5.92 Å². The summed E-state index contributed by atoms with van der Waals surface area (Å²) in [5.74, 6) is 0.730. The predicted molar refractivity (Wildman–Crippen MR) is 137 cm³/mol. The van der Waals surface area contributed by atoms with Gasteiger partial charge in [-0.25, -0.2) is 14.2 Å². The van der Waals surface area contributed by atoms with Crippen LogP contribution in [0.1, 0.15) is 54.0 Å². The molecule has 1 fully saturated rings. The maximum Gasteiger partial charge on any atom is 0.121 e. The smallest absolute Gasteiger partial charge is 0.121 e. The number of imidazole rings is 1. The van der Waals surface area contributed by atoms with Gasteiger partial charge in [0.1, 0.15) is 12.2 Å². The number of hydrogen-bond donors (Lipinski definition) is 0. The molecule has 1 atom stereocenters. The zero-order valence-corrected chi connectivity index (χ0v) is 20.8. The third kappa shape index (κ3) is 5.24. The van der Waals surface area contributed by atoms with Crippen LogP contribution in [0, 0.1) is 5.92 Å². The minimum atomic E-state index is 0.237. The average molecular weight is 497 g/mol. The molecule has 34 heavy (non-hydrogen) atoms. The van der Waals surface area contributed by atoms with Gasteiger partial charge in [0.2, 0.25) is 0 Å². The molecule has 0 bridgehead atoms. The lowest BCUT2D eigenvalue weighted by Gasteiger charge is -2.35. The summed E-state index contributed by atoms with van der Waals surface area (Å²) in [5.41, 5.74) is 6.33. The number of benzene rings is 1. The molecule has 3 heterocycles. The van der Waals surface area contributed by atoms with Gasteiger partial charge in [-0.3, -0.25) is 4.98 Å². The van der Waals surface area contributed by atoms with E-state index in [1.54, 1.807) is 0 Å². The SMILES string of the molecule is COOSN1CCC(C2c3ccc(Cl)cc3C=C(CCCn3ccnc3)c3cccnc32)CC1. The fourth-order valence-corrected chi connectivity index (χ4v) is 5.90. The van der Waals surface area contributed by atoms with Gasteiger partial charge in [0.15, 0.2) is 0 Å². The maximum atomic E-state index is 6.47. The Morgan fingerprint density at radius 2 is 2.06 bits per heavy atom. The van der Waals surface area contributed by atoms with Crippen LogP contribution in [0.2, 0.25) is 5.02 Å². The van der Waals surface area contributed by atoms with Crippen molar-refractivity contribution in [2.45, 2.75) is 38.1 Å². The summed E-state index contributed by atoms with van der Waals surface area (Å²) >= 11 is 7.76. The summed E-state index contributed by atoms with van der Waals surface area (Å²) in [4.78, 5) is 13.9. The molecule has 0 radical (unpaired) electrons. The normalized spacial score (nSPS) is 18.8. The zero-order chi connectivity index (χ0) is 23.3. The van der Waals surface area contributed by atoms with Gasteiger partial charge in [-0.05, 0) is 72.1 Å². The standard InChI is InChI=1S/C26H29ClN4O2S/c1-32-33-34-31-13-8-19(9-14-31)25-23-7-6-22(27)17-21(23)16-20(24-5-2-10-29-26(24)25)4-3-12-30-15-11-28-18-30/h2,5-7,10-11,15-19,25H,3-4,8-9,12-14H2,1H3. The number of halogens is 1. The van der Waals surface area contributed by atoms with E-state index in [1.165, 1.54) is 47.3 Å². The van der Waals surface area contributed by atoms with Gasteiger partial charge in [0.25, 0.3) is 0 Å². The number of allylic oxidation sites excluding steroid dienone is 1. The maximum absolute atomic E-state index is 6.47. The number of nitrogens with zero attached hydrogens (tertiary/aromatic N) is 4. The molecule has 1 saturated heterocycles. The van der Waals surface area contributed by atoms with Gasteiger partial charge >= 0.3 is 0 Å². The second-order valence-electron chi connectivity index (χ2n) is 8.84. The molecule has 1 aromatic carbocycles. The molecule has 8 heteroatoms. The summed E-state index contributed by atoms with van der Waals surface area (Å²) < 4.78 is 9.43. The Bertz CT molecular complexity index is 1130. The average Bonchev–Trinajstić information content (AvgIpc) is 3.34. The first kappa shape index (κ1) is 23.6. The van der Waals surface area contributed by atoms with Crippen molar-refractivity contribution < 1.29 is 9.22 Å². The van der Waals surface area contributed by atoms with E-state index in [2.05, 4.69) is 44.2 Å². The highest BCUT2D eigenvalue weighted by atomic mass is 35.5. The van der Waals surface area contributed by atoms with E-state index in [0.717, 1.165) is 50.3 Å². The van der Waals surface area contributed by atoms with Crippen molar-refractivity contribution in [3.63, 3.8) is 0 Å². The fourth-order valence-electron chi connectivity index (χ4n) is 5.22. The van der Waals surface area contributed by atoms with Crippen LogP contribution in [0.5, 0.6) is 0 Å². The largest absolute Gasteiger partial charge is 0.337 e. The molecular formula is C26H29ClN4O2S. The molecule has 1 unspecified atom stereocenters. The topological polar surface area (TPSA) is 52.4 Å². The van der Waals surface area contributed by atoms with Gasteiger partial charge in [-0.2, -0.15) is 0 Å². The van der Waals surface area contributed by atoms with Crippen LogP contribution in [0.3, 0.4) is 0 Å². The summed E-state index contributed by atoms with van der Waals surface area (Å²) in [7, 11) is 1.54. The predicted octanol–water partition coefficient (Wildman–Crippen LogP) is 6.25. The molecule has 6 nitrogen and oxygen atoms in total. The quantitative estimate of drug-likeness (QED) is 0.159. The second kappa shape index (κ2) is 11.1. The van der Waals surface area contributed by atoms with Crippen LogP contribution in [-0.2, 0) is 15.8 Å². The molecule has 2 aliphatic rings. The Hall–Kier alpha value is -2.16. The van der Waals surface area contributed by atoms with Crippen molar-refractivity contribution in [3.05, 3.63) is 82.7 Å². The van der Waals surface area contributed by atoms with E-state index in [0.29, 0.717) is 5.92 Å². The number of fused-ring (bicyclic) bond motifs is 2. The van der Waals surface area contributed by atoms with Crippen molar-refractivity contribution in [1.82, 2.24) is 18.8 Å². The lowest BCUT2D eigenvalue weighted by molar-refractivity contribution is -0.163. The molecule has 0 spiro atoms. The van der Waals surface area contributed by atoms with Gasteiger partial charge < -0.3 is 4.57 Å². The molecule has 1 aliphatic heterocycles. The molecule has 178 valence electrons. The summed E-state index contributed by atoms with van der Waals surface area (Å²) in [5, 5.41) is 0.772. The number of rotatable bonds is 8. The highest BCUT2D eigenvalue weighted by Crippen LogP contribution is 2.45.